The zero-order chi connectivity index (χ0) is 21.3. The maximum Gasteiger partial charge on any atom is 0.359 e. The van der Waals surface area contributed by atoms with Crippen molar-refractivity contribution in [1.29, 1.82) is 0 Å². The van der Waals surface area contributed by atoms with Gasteiger partial charge in [-0.25, -0.2) is 4.39 Å². The molecule has 1 fully saturated rings. The highest BCUT2D eigenvalue weighted by Crippen LogP contribution is 2.59. The van der Waals surface area contributed by atoms with Crippen molar-refractivity contribution < 1.29 is 33.3 Å². The van der Waals surface area contributed by atoms with Gasteiger partial charge in [-0.05, 0) is 26.7 Å². The molecule has 0 aliphatic carbocycles. The Hall–Kier alpha value is -1.16. The second-order valence-electron chi connectivity index (χ2n) is 7.56. The van der Waals surface area contributed by atoms with E-state index in [4.69, 9.17) is 9.26 Å². The summed E-state index contributed by atoms with van der Waals surface area (Å²) in [6.45, 7) is 6.00. The molecular weight excluding hydrogens is 394 g/mol. The van der Waals surface area contributed by atoms with Crippen LogP contribution in [0.15, 0.2) is 17.2 Å². The number of alkyl halides is 1. The van der Waals surface area contributed by atoms with Crippen LogP contribution < -0.4 is 5.56 Å². The van der Waals surface area contributed by atoms with Crippen LogP contribution in [0.4, 0.5) is 4.39 Å². The molecule has 4 N–H and O–H groups in total. The van der Waals surface area contributed by atoms with Gasteiger partial charge in [0.15, 0.2) is 11.5 Å². The van der Waals surface area contributed by atoms with Crippen molar-refractivity contribution in [3.8, 4) is 0 Å². The summed E-state index contributed by atoms with van der Waals surface area (Å²) < 4.78 is 38.2. The lowest BCUT2D eigenvalue weighted by Crippen LogP contribution is -2.39. The minimum atomic E-state index is -4.43. The van der Waals surface area contributed by atoms with Gasteiger partial charge in [-0.2, -0.15) is 0 Å². The molecule has 0 saturated carbocycles. The van der Waals surface area contributed by atoms with E-state index >= 15 is 0 Å². The molecule has 2 heterocycles. The maximum absolute atomic E-state index is 14.6. The van der Waals surface area contributed by atoms with Crippen molar-refractivity contribution in [2.45, 2.75) is 82.4 Å². The summed E-state index contributed by atoms with van der Waals surface area (Å²) in [5, 5.41) is 18.5. The van der Waals surface area contributed by atoms with Gasteiger partial charge in [-0.3, -0.25) is 14.3 Å². The number of rotatable bonds is 8. The molecule has 1 aliphatic heterocycles. The summed E-state index contributed by atoms with van der Waals surface area (Å²) in [5.74, 6) is 0. The van der Waals surface area contributed by atoms with Gasteiger partial charge < -0.3 is 29.4 Å². The van der Waals surface area contributed by atoms with Crippen LogP contribution >= 0.6 is 7.60 Å². The molecule has 0 bridgehead atoms. The van der Waals surface area contributed by atoms with Crippen LogP contribution in [-0.4, -0.2) is 54.4 Å². The first-order valence-corrected chi connectivity index (χ1v) is 10.7. The Morgan fingerprint density at radius 2 is 2.04 bits per heavy atom. The van der Waals surface area contributed by atoms with Gasteiger partial charge in [0.1, 0.15) is 12.2 Å². The number of H-pyrrole nitrogens is 1. The predicted molar refractivity (Wildman–Crippen MR) is 98.5 cm³/mol. The molecule has 0 amide bonds. The third-order valence-electron chi connectivity index (χ3n) is 5.31. The smallest absolute Gasteiger partial charge is 0.359 e. The van der Waals surface area contributed by atoms with Crippen LogP contribution in [0.1, 0.15) is 58.8 Å². The Bertz CT molecular complexity index is 769. The summed E-state index contributed by atoms with van der Waals surface area (Å²) >= 11 is 0. The highest BCUT2D eigenvalue weighted by molar-refractivity contribution is 7.54. The lowest BCUT2D eigenvalue weighted by molar-refractivity contribution is -0.0537. The van der Waals surface area contributed by atoms with Gasteiger partial charge in [0, 0.05) is 12.6 Å². The van der Waals surface area contributed by atoms with Crippen molar-refractivity contribution in [3.63, 3.8) is 0 Å². The summed E-state index contributed by atoms with van der Waals surface area (Å²) in [6.07, 6.45) is -3.19. The molecule has 0 spiro atoms. The zero-order valence-electron chi connectivity index (χ0n) is 16.3. The van der Waals surface area contributed by atoms with Crippen LogP contribution in [0.25, 0.3) is 0 Å². The first-order valence-electron chi connectivity index (χ1n) is 9.14. The molecule has 7 atom stereocenters. The molecule has 160 valence electrons. The number of aromatic amines is 1. The topological polar surface area (TPSA) is 142 Å². The molecule has 0 aromatic carbocycles. The Morgan fingerprint density at radius 3 is 2.54 bits per heavy atom. The van der Waals surface area contributed by atoms with E-state index in [2.05, 4.69) is 9.97 Å². The molecule has 1 aromatic rings. The molecule has 28 heavy (non-hydrogen) atoms. The minimum absolute atomic E-state index is 0.00433. The van der Waals surface area contributed by atoms with E-state index in [1.807, 2.05) is 0 Å². The van der Waals surface area contributed by atoms with Gasteiger partial charge in [-0.15, -0.1) is 0 Å². The highest BCUT2D eigenvalue weighted by Gasteiger charge is 2.51. The van der Waals surface area contributed by atoms with Crippen LogP contribution in [-0.2, 0) is 13.8 Å². The molecule has 0 radical (unpaired) electrons. The minimum Gasteiger partial charge on any atom is -0.387 e. The van der Waals surface area contributed by atoms with E-state index < -0.39 is 48.6 Å². The number of nitrogens with zero attached hydrogens (tertiary/aromatic N) is 1. The number of nitrogens with one attached hydrogen (secondary N) is 1. The first-order chi connectivity index (χ1) is 12.9. The van der Waals surface area contributed by atoms with E-state index in [1.54, 1.807) is 13.8 Å². The lowest BCUT2D eigenvalue weighted by Gasteiger charge is -2.37. The van der Waals surface area contributed by atoms with E-state index in [0.29, 0.717) is 0 Å². The number of aliphatic hydroxyl groups is 2. The summed E-state index contributed by atoms with van der Waals surface area (Å²) in [5.41, 5.74) is -1.60. The van der Waals surface area contributed by atoms with Crippen molar-refractivity contribution in [2.24, 2.45) is 0 Å². The van der Waals surface area contributed by atoms with Gasteiger partial charge in [-0.1, -0.05) is 13.8 Å². The molecule has 1 aliphatic rings. The number of ether oxygens (including phenoxy) is 1. The highest BCUT2D eigenvalue weighted by atomic mass is 31.2. The van der Waals surface area contributed by atoms with E-state index in [-0.39, 0.29) is 25.0 Å². The summed E-state index contributed by atoms with van der Waals surface area (Å²) in [4.78, 5) is 27.5. The number of hydrogen-bond donors (Lipinski definition) is 4. The number of aromatic nitrogens is 2. The summed E-state index contributed by atoms with van der Waals surface area (Å²) in [7, 11) is -4.43. The Balaban J connectivity index is 2.18. The van der Waals surface area contributed by atoms with Crippen LogP contribution in [0.3, 0.4) is 0 Å². The molecule has 2 rings (SSSR count). The van der Waals surface area contributed by atoms with Gasteiger partial charge >= 0.3 is 7.60 Å². The fourth-order valence-corrected chi connectivity index (χ4v) is 4.30. The van der Waals surface area contributed by atoms with Crippen LogP contribution in [0, 0.1) is 0 Å². The van der Waals surface area contributed by atoms with Crippen molar-refractivity contribution in [3.05, 3.63) is 28.4 Å². The van der Waals surface area contributed by atoms with E-state index in [9.17, 15) is 28.9 Å². The second-order valence-corrected chi connectivity index (χ2v) is 9.74. The number of halogens is 1. The molecule has 1 aromatic heterocycles. The second kappa shape index (κ2) is 8.30. The predicted octanol–water partition coefficient (Wildman–Crippen LogP) is 1.79. The Morgan fingerprint density at radius 1 is 1.39 bits per heavy atom. The number of aliphatic hydroxyl groups excluding tert-OH is 1. The lowest BCUT2D eigenvalue weighted by atomic mass is 9.93. The normalized spacial score (nSPS) is 31.7. The van der Waals surface area contributed by atoms with Gasteiger partial charge in [0.2, 0.25) is 0 Å². The monoisotopic (exact) mass is 422 g/mol. The molecule has 4 unspecified atom stereocenters. The third-order valence-corrected chi connectivity index (χ3v) is 7.53. The Kier molecular flexibility index (Phi) is 6.85. The fraction of sp³-hybridized carbons (Fsp3) is 0.765. The number of hydrogen-bond acceptors (Lipinski definition) is 7. The zero-order valence-corrected chi connectivity index (χ0v) is 17.2. The van der Waals surface area contributed by atoms with E-state index in [1.165, 1.54) is 20.0 Å². The largest absolute Gasteiger partial charge is 0.387 e. The van der Waals surface area contributed by atoms with Crippen molar-refractivity contribution >= 4 is 7.60 Å². The average molecular weight is 422 g/mol. The van der Waals surface area contributed by atoms with E-state index in [0.717, 1.165) is 6.20 Å². The molecule has 1 saturated heterocycles. The molecule has 11 heteroatoms. The summed E-state index contributed by atoms with van der Waals surface area (Å²) in [6, 6.07) is 0. The third kappa shape index (κ3) is 4.69. The standard InChI is InChI=1S/C17H28FN2O7P/c1-5-16(3,27-28(24,25)17(4,23)6-2)7-11-14(22)13(18)15(26-11)10-8-20-12(21)9-19-10/h8-9,11,13-15,22-23H,5-7H2,1-4H3,(H,20,21)(H,24,25)/t11-,13+,14?,15+,16?,17?/m1/s1. The van der Waals surface area contributed by atoms with Gasteiger partial charge in [0.25, 0.3) is 5.56 Å². The first kappa shape index (κ1) is 23.1. The Labute approximate surface area is 162 Å². The molecule has 9 nitrogen and oxygen atoms in total. The quantitative estimate of drug-likeness (QED) is 0.465. The maximum atomic E-state index is 14.6. The van der Waals surface area contributed by atoms with Gasteiger partial charge in [0.05, 0.1) is 23.6 Å². The molecular formula is C17H28FN2O7P. The average Bonchev–Trinajstić information content (AvgIpc) is 2.90. The SMILES string of the molecule is CCC(C)(C[C@H]1O[C@@H](c2c[nH]c(=O)cn2)[C@@H](F)C1O)OP(=O)(O)C(C)(O)CC. The fourth-order valence-electron chi connectivity index (χ4n) is 2.91. The van der Waals surface area contributed by atoms with Crippen LogP contribution in [0.5, 0.6) is 0 Å². The van der Waals surface area contributed by atoms with Crippen molar-refractivity contribution in [1.82, 2.24) is 9.97 Å². The van der Waals surface area contributed by atoms with Crippen LogP contribution in [0.2, 0.25) is 0 Å². The van der Waals surface area contributed by atoms with Crippen molar-refractivity contribution in [2.75, 3.05) is 0 Å².